The van der Waals surface area contributed by atoms with E-state index in [1.807, 2.05) is 0 Å². The van der Waals surface area contributed by atoms with E-state index in [9.17, 15) is 0 Å². The monoisotopic (exact) mass is 222 g/mol. The van der Waals surface area contributed by atoms with E-state index in [-0.39, 0.29) is 0 Å². The van der Waals surface area contributed by atoms with Crippen molar-refractivity contribution >= 4 is 8.07 Å². The van der Waals surface area contributed by atoms with E-state index in [0.29, 0.717) is 0 Å². The van der Waals surface area contributed by atoms with Crippen molar-refractivity contribution in [3.05, 3.63) is 24.3 Å². The fourth-order valence-electron chi connectivity index (χ4n) is 3.92. The van der Waals surface area contributed by atoms with E-state index in [1.165, 1.54) is 0 Å². The van der Waals surface area contributed by atoms with Gasteiger partial charge in [-0.25, -0.2) is 0 Å². The average Bonchev–Trinajstić information content (AvgIpc) is 2.55. The molecule has 0 spiro atoms. The number of rotatable bonds is 4. The highest BCUT2D eigenvalue weighted by atomic mass is 28.3. The first kappa shape index (κ1) is 12.8. The molecule has 0 fully saturated rings. The SMILES string of the molecule is CC(C)[Si](C(C)C)(C(C)C)C1C=CC=C1. The van der Waals surface area contributed by atoms with Gasteiger partial charge in [-0.15, -0.1) is 0 Å². The summed E-state index contributed by atoms with van der Waals surface area (Å²) >= 11 is 0. The Morgan fingerprint density at radius 2 is 1.07 bits per heavy atom. The molecule has 1 aliphatic rings. The molecule has 0 saturated carbocycles. The van der Waals surface area contributed by atoms with Crippen molar-refractivity contribution in [3.63, 3.8) is 0 Å². The minimum Gasteiger partial charge on any atom is -0.0803 e. The Hall–Kier alpha value is -0.303. The molecule has 0 nitrogen and oxygen atoms in total. The maximum absolute atomic E-state index is 2.44. The maximum Gasteiger partial charge on any atom is 0.0724 e. The molecule has 0 aliphatic heterocycles. The van der Waals surface area contributed by atoms with Crippen molar-refractivity contribution in [1.82, 2.24) is 0 Å². The second-order valence-corrected chi connectivity index (χ2v) is 11.9. The first-order valence-electron chi connectivity index (χ1n) is 6.29. The van der Waals surface area contributed by atoms with Crippen molar-refractivity contribution in [2.24, 2.45) is 0 Å². The molecule has 0 bridgehead atoms. The van der Waals surface area contributed by atoms with Gasteiger partial charge in [-0.3, -0.25) is 0 Å². The lowest BCUT2D eigenvalue weighted by atomic mass is 10.4. The zero-order chi connectivity index (χ0) is 11.6. The largest absolute Gasteiger partial charge is 0.0803 e. The Morgan fingerprint density at radius 3 is 1.33 bits per heavy atom. The summed E-state index contributed by atoms with van der Waals surface area (Å²) in [4.78, 5) is 0. The zero-order valence-corrected chi connectivity index (χ0v) is 12.1. The summed E-state index contributed by atoms with van der Waals surface area (Å²) in [7, 11) is -1.27. The zero-order valence-electron chi connectivity index (χ0n) is 11.1. The van der Waals surface area contributed by atoms with Crippen molar-refractivity contribution in [2.45, 2.75) is 63.7 Å². The van der Waals surface area contributed by atoms with Crippen LogP contribution in [0.5, 0.6) is 0 Å². The quantitative estimate of drug-likeness (QED) is 0.576. The molecular formula is C14H26Si. The molecule has 1 rings (SSSR count). The Morgan fingerprint density at radius 1 is 0.733 bits per heavy atom. The van der Waals surface area contributed by atoms with Gasteiger partial charge in [0.25, 0.3) is 0 Å². The number of hydrogen-bond acceptors (Lipinski definition) is 0. The van der Waals surface area contributed by atoms with Gasteiger partial charge < -0.3 is 0 Å². The second-order valence-electron chi connectivity index (χ2n) is 5.76. The van der Waals surface area contributed by atoms with E-state index in [4.69, 9.17) is 0 Å². The lowest BCUT2D eigenvalue weighted by Crippen LogP contribution is -2.47. The first-order chi connectivity index (χ1) is 6.94. The molecule has 0 N–H and O–H groups in total. The van der Waals surface area contributed by atoms with Gasteiger partial charge in [0.05, 0.1) is 8.07 Å². The summed E-state index contributed by atoms with van der Waals surface area (Å²) in [6.45, 7) is 14.6. The van der Waals surface area contributed by atoms with E-state index < -0.39 is 8.07 Å². The second kappa shape index (κ2) is 4.69. The lowest BCUT2D eigenvalue weighted by Gasteiger charge is -2.46. The minimum atomic E-state index is -1.27. The molecule has 15 heavy (non-hydrogen) atoms. The van der Waals surface area contributed by atoms with E-state index in [1.54, 1.807) is 0 Å². The normalized spacial score (nSPS) is 17.7. The third kappa shape index (κ3) is 1.99. The maximum atomic E-state index is 2.44. The minimum absolute atomic E-state index is 0.762. The summed E-state index contributed by atoms with van der Waals surface area (Å²) in [6, 6.07) is 0. The van der Waals surface area contributed by atoms with Crippen molar-refractivity contribution in [2.75, 3.05) is 0 Å². The van der Waals surface area contributed by atoms with E-state index in [0.717, 1.165) is 22.2 Å². The van der Waals surface area contributed by atoms with Gasteiger partial charge in [-0.05, 0) is 22.2 Å². The smallest absolute Gasteiger partial charge is 0.0724 e. The summed E-state index contributed by atoms with van der Waals surface area (Å²) in [5.41, 5.74) is 3.33. The summed E-state index contributed by atoms with van der Waals surface area (Å²) in [5, 5.41) is 0. The van der Waals surface area contributed by atoms with Crippen LogP contribution in [0.1, 0.15) is 41.5 Å². The van der Waals surface area contributed by atoms with Crippen LogP contribution >= 0.6 is 0 Å². The number of allylic oxidation sites excluding steroid dienone is 4. The van der Waals surface area contributed by atoms with Crippen LogP contribution < -0.4 is 0 Å². The highest BCUT2D eigenvalue weighted by Crippen LogP contribution is 2.51. The summed E-state index contributed by atoms with van der Waals surface area (Å²) in [6.07, 6.45) is 9.34. The van der Waals surface area contributed by atoms with Crippen LogP contribution in [0.25, 0.3) is 0 Å². The van der Waals surface area contributed by atoms with Gasteiger partial charge in [0, 0.05) is 0 Å². The average molecular weight is 222 g/mol. The Balaban J connectivity index is 3.13. The van der Waals surface area contributed by atoms with Crippen molar-refractivity contribution in [3.8, 4) is 0 Å². The predicted octanol–water partition coefficient (Wildman–Crippen LogP) is 5.16. The highest BCUT2D eigenvalue weighted by Gasteiger charge is 2.47. The van der Waals surface area contributed by atoms with Crippen LogP contribution in [0.4, 0.5) is 0 Å². The molecule has 0 heterocycles. The van der Waals surface area contributed by atoms with Crippen LogP contribution in [0.15, 0.2) is 24.3 Å². The molecule has 0 aromatic rings. The third-order valence-corrected chi connectivity index (χ3v) is 11.9. The lowest BCUT2D eigenvalue weighted by molar-refractivity contribution is 0.791. The van der Waals surface area contributed by atoms with E-state index in [2.05, 4.69) is 65.8 Å². The standard InChI is InChI=1S/C14H26Si/c1-11(2)15(12(3)4,13(5)6)14-9-7-8-10-14/h7-14H,1-6H3. The van der Waals surface area contributed by atoms with Gasteiger partial charge in [-0.1, -0.05) is 65.8 Å². The van der Waals surface area contributed by atoms with Crippen LogP contribution in [-0.2, 0) is 0 Å². The Labute approximate surface area is 96.5 Å². The molecular weight excluding hydrogens is 196 g/mol. The summed E-state index contributed by atoms with van der Waals surface area (Å²) in [5.74, 6) is 0. The number of hydrogen-bond donors (Lipinski definition) is 0. The molecule has 0 saturated heterocycles. The highest BCUT2D eigenvalue weighted by molar-refractivity contribution is 6.85. The van der Waals surface area contributed by atoms with Crippen LogP contribution in [-0.4, -0.2) is 8.07 Å². The third-order valence-electron chi connectivity index (χ3n) is 4.33. The molecule has 0 atom stereocenters. The van der Waals surface area contributed by atoms with Gasteiger partial charge in [-0.2, -0.15) is 0 Å². The molecule has 1 aliphatic carbocycles. The Kier molecular flexibility index (Phi) is 3.99. The molecule has 86 valence electrons. The van der Waals surface area contributed by atoms with Gasteiger partial charge in [0.2, 0.25) is 0 Å². The fraction of sp³-hybridized carbons (Fsp3) is 0.714. The molecule has 0 aromatic carbocycles. The first-order valence-corrected chi connectivity index (χ1v) is 8.59. The fourth-order valence-corrected chi connectivity index (χ4v) is 11.1. The molecule has 0 radical (unpaired) electrons. The molecule has 1 heteroatoms. The van der Waals surface area contributed by atoms with Crippen molar-refractivity contribution < 1.29 is 0 Å². The Bertz CT molecular complexity index is 225. The van der Waals surface area contributed by atoms with Gasteiger partial charge in [0.1, 0.15) is 0 Å². The predicted molar refractivity (Wildman–Crippen MR) is 73.1 cm³/mol. The summed E-state index contributed by atoms with van der Waals surface area (Å²) < 4.78 is 0. The van der Waals surface area contributed by atoms with E-state index >= 15 is 0 Å². The molecule has 0 amide bonds. The van der Waals surface area contributed by atoms with Crippen molar-refractivity contribution in [1.29, 1.82) is 0 Å². The molecule has 0 aromatic heterocycles. The van der Waals surface area contributed by atoms with Crippen LogP contribution in [0.2, 0.25) is 22.2 Å². The van der Waals surface area contributed by atoms with Gasteiger partial charge in [0.15, 0.2) is 0 Å². The topological polar surface area (TPSA) is 0 Å². The van der Waals surface area contributed by atoms with Gasteiger partial charge >= 0.3 is 0 Å². The van der Waals surface area contributed by atoms with Crippen LogP contribution in [0.3, 0.4) is 0 Å². The van der Waals surface area contributed by atoms with Crippen LogP contribution in [0, 0.1) is 0 Å². The molecule has 0 unspecified atom stereocenters.